The Morgan fingerprint density at radius 3 is 2.56 bits per heavy atom. The van der Waals surface area contributed by atoms with Gasteiger partial charge in [0.15, 0.2) is 0 Å². The lowest BCUT2D eigenvalue weighted by atomic mass is 9.98. The van der Waals surface area contributed by atoms with Crippen molar-refractivity contribution in [3.05, 3.63) is 33.8 Å². The molecule has 0 fully saturated rings. The second-order valence-electron chi connectivity index (χ2n) is 4.72. The molecule has 0 aliphatic heterocycles. The first-order valence-electron chi connectivity index (χ1n) is 5.63. The summed E-state index contributed by atoms with van der Waals surface area (Å²) in [6, 6.07) is 5.57. The molecule has 1 rings (SSSR count). The fourth-order valence-corrected chi connectivity index (χ4v) is 2.11. The van der Waals surface area contributed by atoms with E-state index in [0.717, 1.165) is 28.6 Å². The quantitative estimate of drug-likeness (QED) is 0.811. The van der Waals surface area contributed by atoms with Gasteiger partial charge in [0.25, 0.3) is 0 Å². The summed E-state index contributed by atoms with van der Waals surface area (Å²) < 4.78 is 0. The van der Waals surface area contributed by atoms with Gasteiger partial charge in [-0.25, -0.2) is 0 Å². The van der Waals surface area contributed by atoms with Gasteiger partial charge in [0.05, 0.1) is 0 Å². The Morgan fingerprint density at radius 2 is 1.94 bits per heavy atom. The van der Waals surface area contributed by atoms with Crippen molar-refractivity contribution in [3.63, 3.8) is 0 Å². The third-order valence-electron chi connectivity index (χ3n) is 2.64. The fraction of sp³-hybridized carbons (Fsp3) is 0.538. The zero-order valence-electron chi connectivity index (χ0n) is 10.1. The predicted octanol–water partition coefficient (Wildman–Crippen LogP) is 4.66. The summed E-state index contributed by atoms with van der Waals surface area (Å²) >= 11 is 12.0. The summed E-state index contributed by atoms with van der Waals surface area (Å²) in [5.41, 5.74) is 1.19. The lowest BCUT2D eigenvalue weighted by Crippen LogP contribution is -2.38. The van der Waals surface area contributed by atoms with Gasteiger partial charge in [-0.05, 0) is 44.0 Å². The van der Waals surface area contributed by atoms with Crippen LogP contribution in [0.2, 0.25) is 10.0 Å². The molecule has 1 aromatic rings. The number of benzene rings is 1. The topological polar surface area (TPSA) is 12.0 Å². The van der Waals surface area contributed by atoms with Crippen molar-refractivity contribution in [1.82, 2.24) is 5.32 Å². The number of nitrogens with one attached hydrogen (secondary N) is 1. The average Bonchev–Trinajstić information content (AvgIpc) is 2.19. The van der Waals surface area contributed by atoms with Gasteiger partial charge in [-0.15, -0.1) is 0 Å². The Balaban J connectivity index is 2.63. The van der Waals surface area contributed by atoms with Crippen LogP contribution in [0.3, 0.4) is 0 Å². The Kier molecular flexibility index (Phi) is 5.10. The highest BCUT2D eigenvalue weighted by atomic mass is 35.5. The molecule has 1 nitrogen and oxygen atoms in total. The normalized spacial score (nSPS) is 11.8. The highest BCUT2D eigenvalue weighted by Gasteiger charge is 2.15. The molecule has 0 spiro atoms. The minimum Gasteiger partial charge on any atom is -0.308 e. The van der Waals surface area contributed by atoms with Gasteiger partial charge >= 0.3 is 0 Å². The van der Waals surface area contributed by atoms with Crippen LogP contribution in [0.4, 0.5) is 0 Å². The van der Waals surface area contributed by atoms with E-state index >= 15 is 0 Å². The summed E-state index contributed by atoms with van der Waals surface area (Å²) in [6.45, 7) is 7.35. The number of hydrogen-bond acceptors (Lipinski definition) is 1. The molecule has 1 aromatic carbocycles. The fourth-order valence-electron chi connectivity index (χ4n) is 1.73. The molecule has 3 heteroatoms. The summed E-state index contributed by atoms with van der Waals surface area (Å²) in [7, 11) is 0. The molecular weight excluding hydrogens is 241 g/mol. The molecular formula is C13H19Cl2N. The van der Waals surface area contributed by atoms with Crippen molar-refractivity contribution in [2.45, 2.75) is 45.7 Å². The summed E-state index contributed by atoms with van der Waals surface area (Å²) in [5, 5.41) is 5.00. The van der Waals surface area contributed by atoms with Crippen LogP contribution in [-0.4, -0.2) is 5.54 Å². The summed E-state index contributed by atoms with van der Waals surface area (Å²) in [5.74, 6) is 0. The molecule has 0 unspecified atom stereocenters. The van der Waals surface area contributed by atoms with Crippen LogP contribution in [0, 0.1) is 0 Å². The molecule has 0 aliphatic carbocycles. The Hall–Kier alpha value is -0.240. The van der Waals surface area contributed by atoms with E-state index in [1.807, 2.05) is 18.2 Å². The van der Waals surface area contributed by atoms with Crippen LogP contribution in [-0.2, 0) is 6.54 Å². The largest absolute Gasteiger partial charge is 0.308 e. The Morgan fingerprint density at radius 1 is 1.25 bits per heavy atom. The molecule has 0 amide bonds. The summed E-state index contributed by atoms with van der Waals surface area (Å²) in [4.78, 5) is 0. The van der Waals surface area contributed by atoms with Crippen LogP contribution in [0.1, 0.15) is 39.2 Å². The average molecular weight is 260 g/mol. The smallest absolute Gasteiger partial charge is 0.0451 e. The molecule has 0 saturated heterocycles. The van der Waals surface area contributed by atoms with Gasteiger partial charge < -0.3 is 5.32 Å². The van der Waals surface area contributed by atoms with Crippen molar-refractivity contribution in [3.8, 4) is 0 Å². The molecule has 0 bridgehead atoms. The highest BCUT2D eigenvalue weighted by molar-refractivity contribution is 6.33. The van der Waals surface area contributed by atoms with E-state index in [-0.39, 0.29) is 5.54 Å². The van der Waals surface area contributed by atoms with Crippen molar-refractivity contribution in [2.24, 2.45) is 0 Å². The Labute approximate surface area is 108 Å². The second kappa shape index (κ2) is 5.90. The monoisotopic (exact) mass is 259 g/mol. The molecule has 0 aliphatic rings. The third kappa shape index (κ3) is 4.32. The van der Waals surface area contributed by atoms with Crippen LogP contribution in [0.5, 0.6) is 0 Å². The zero-order valence-corrected chi connectivity index (χ0v) is 11.6. The first-order chi connectivity index (χ1) is 7.44. The van der Waals surface area contributed by atoms with Crippen molar-refractivity contribution in [1.29, 1.82) is 0 Å². The molecule has 0 radical (unpaired) electrons. The highest BCUT2D eigenvalue weighted by Crippen LogP contribution is 2.21. The van der Waals surface area contributed by atoms with E-state index in [2.05, 4.69) is 26.1 Å². The Bertz CT molecular complexity index is 348. The number of halogens is 2. The van der Waals surface area contributed by atoms with E-state index in [1.54, 1.807) is 0 Å². The third-order valence-corrected chi connectivity index (χ3v) is 3.24. The molecule has 0 saturated carbocycles. The van der Waals surface area contributed by atoms with E-state index in [9.17, 15) is 0 Å². The summed E-state index contributed by atoms with van der Waals surface area (Å²) in [6.07, 6.45) is 2.31. The zero-order chi connectivity index (χ0) is 12.2. The first-order valence-corrected chi connectivity index (χ1v) is 6.39. The van der Waals surface area contributed by atoms with Crippen LogP contribution < -0.4 is 5.32 Å². The van der Waals surface area contributed by atoms with Gasteiger partial charge in [-0.1, -0.05) is 36.5 Å². The second-order valence-corrected chi connectivity index (χ2v) is 5.57. The first kappa shape index (κ1) is 13.8. The maximum Gasteiger partial charge on any atom is 0.0451 e. The number of rotatable bonds is 5. The van der Waals surface area contributed by atoms with Crippen LogP contribution >= 0.6 is 23.2 Å². The van der Waals surface area contributed by atoms with E-state index in [0.29, 0.717) is 0 Å². The molecule has 0 heterocycles. The van der Waals surface area contributed by atoms with E-state index in [4.69, 9.17) is 23.2 Å². The SMILES string of the molecule is CCCC(C)(C)NCc1cc(Cl)ccc1Cl. The molecule has 1 N–H and O–H groups in total. The minimum atomic E-state index is 0.139. The molecule has 0 aromatic heterocycles. The van der Waals surface area contributed by atoms with Crippen LogP contribution in [0.15, 0.2) is 18.2 Å². The molecule has 90 valence electrons. The maximum absolute atomic E-state index is 6.10. The van der Waals surface area contributed by atoms with Gasteiger partial charge in [0.2, 0.25) is 0 Å². The molecule has 0 atom stereocenters. The van der Waals surface area contributed by atoms with E-state index < -0.39 is 0 Å². The van der Waals surface area contributed by atoms with Crippen molar-refractivity contribution < 1.29 is 0 Å². The lowest BCUT2D eigenvalue weighted by Gasteiger charge is -2.26. The van der Waals surface area contributed by atoms with Gasteiger partial charge in [-0.3, -0.25) is 0 Å². The van der Waals surface area contributed by atoms with Gasteiger partial charge in [0, 0.05) is 22.1 Å². The van der Waals surface area contributed by atoms with Gasteiger partial charge in [0.1, 0.15) is 0 Å². The maximum atomic E-state index is 6.10. The van der Waals surface area contributed by atoms with Crippen LogP contribution in [0.25, 0.3) is 0 Å². The van der Waals surface area contributed by atoms with Crippen molar-refractivity contribution >= 4 is 23.2 Å². The van der Waals surface area contributed by atoms with Gasteiger partial charge in [-0.2, -0.15) is 0 Å². The lowest BCUT2D eigenvalue weighted by molar-refractivity contribution is 0.357. The predicted molar refractivity (Wildman–Crippen MR) is 72.3 cm³/mol. The minimum absolute atomic E-state index is 0.139. The van der Waals surface area contributed by atoms with E-state index in [1.165, 1.54) is 6.42 Å². The standard InChI is InChI=1S/C13H19Cl2N/c1-4-7-13(2,3)16-9-10-8-11(14)5-6-12(10)15/h5-6,8,16H,4,7,9H2,1-3H3. The molecule has 16 heavy (non-hydrogen) atoms. The number of hydrogen-bond donors (Lipinski definition) is 1. The van der Waals surface area contributed by atoms with Crippen molar-refractivity contribution in [2.75, 3.05) is 0 Å².